The van der Waals surface area contributed by atoms with E-state index in [1.165, 1.54) is 24.3 Å². The third-order valence-corrected chi connectivity index (χ3v) is 6.02. The summed E-state index contributed by atoms with van der Waals surface area (Å²) in [6.45, 7) is 4.11. The van der Waals surface area contributed by atoms with Crippen molar-refractivity contribution in [2.45, 2.75) is 31.7 Å². The molecule has 1 aliphatic carbocycles. The van der Waals surface area contributed by atoms with E-state index < -0.39 is 0 Å². The highest BCUT2D eigenvalue weighted by Gasteiger charge is 2.45. The summed E-state index contributed by atoms with van der Waals surface area (Å²) >= 11 is 1.83. The van der Waals surface area contributed by atoms with Gasteiger partial charge in [0.05, 0.1) is 6.26 Å². The molecule has 3 heterocycles. The lowest BCUT2D eigenvalue weighted by atomic mass is 9.98. The summed E-state index contributed by atoms with van der Waals surface area (Å²) in [5, 5.41) is 5.32. The highest BCUT2D eigenvalue weighted by atomic mass is 32.1. The predicted octanol–water partition coefficient (Wildman–Crippen LogP) is 3.47. The Balaban J connectivity index is 1.22. The van der Waals surface area contributed by atoms with Crippen molar-refractivity contribution in [1.82, 2.24) is 10.2 Å². The quantitative estimate of drug-likeness (QED) is 0.873. The average Bonchev–Trinajstić information content (AvgIpc) is 3.00. The number of thiophene rings is 1. The zero-order chi connectivity index (χ0) is 16.4. The SMILES string of the molecule is O=C(NC[C@@H]1CCCN(Cc2cccs2)C1)[C@@H]1C[C@@H]1c1ccco1. The maximum absolute atomic E-state index is 12.3. The highest BCUT2D eigenvalue weighted by molar-refractivity contribution is 7.09. The predicted molar refractivity (Wildman–Crippen MR) is 94.9 cm³/mol. The molecule has 1 amide bonds. The Morgan fingerprint density at radius 2 is 2.33 bits per heavy atom. The molecule has 2 aromatic heterocycles. The summed E-state index contributed by atoms with van der Waals surface area (Å²) in [6, 6.07) is 8.19. The normalized spacial score (nSPS) is 27.1. The number of furan rings is 1. The van der Waals surface area contributed by atoms with E-state index in [-0.39, 0.29) is 11.8 Å². The molecule has 0 spiro atoms. The van der Waals surface area contributed by atoms with Crippen LogP contribution in [0.4, 0.5) is 0 Å². The summed E-state index contributed by atoms with van der Waals surface area (Å²) in [7, 11) is 0. The first-order valence-electron chi connectivity index (χ1n) is 8.85. The van der Waals surface area contributed by atoms with E-state index in [9.17, 15) is 4.79 Å². The lowest BCUT2D eigenvalue weighted by molar-refractivity contribution is -0.122. The fourth-order valence-corrected chi connectivity index (χ4v) is 4.51. The summed E-state index contributed by atoms with van der Waals surface area (Å²) in [4.78, 5) is 16.3. The van der Waals surface area contributed by atoms with Crippen LogP contribution in [0.25, 0.3) is 0 Å². The van der Waals surface area contributed by atoms with E-state index >= 15 is 0 Å². The molecule has 128 valence electrons. The third-order valence-electron chi connectivity index (χ3n) is 5.16. The van der Waals surface area contributed by atoms with Gasteiger partial charge in [-0.1, -0.05) is 6.07 Å². The molecule has 4 rings (SSSR count). The Labute approximate surface area is 146 Å². The molecule has 5 heteroatoms. The summed E-state index contributed by atoms with van der Waals surface area (Å²) in [5.74, 6) is 2.13. The number of rotatable bonds is 6. The molecule has 0 bridgehead atoms. The summed E-state index contributed by atoms with van der Waals surface area (Å²) < 4.78 is 5.41. The lowest BCUT2D eigenvalue weighted by Gasteiger charge is -2.32. The van der Waals surface area contributed by atoms with Crippen molar-refractivity contribution >= 4 is 17.2 Å². The number of nitrogens with one attached hydrogen (secondary N) is 1. The molecular weight excluding hydrogens is 320 g/mol. The van der Waals surface area contributed by atoms with Crippen LogP contribution in [0, 0.1) is 11.8 Å². The number of carbonyl (C=O) groups excluding carboxylic acids is 1. The minimum Gasteiger partial charge on any atom is -0.469 e. The van der Waals surface area contributed by atoms with Crippen LogP contribution in [-0.4, -0.2) is 30.4 Å². The van der Waals surface area contributed by atoms with E-state index in [2.05, 4.69) is 27.7 Å². The van der Waals surface area contributed by atoms with Crippen molar-refractivity contribution in [2.75, 3.05) is 19.6 Å². The van der Waals surface area contributed by atoms with Crippen molar-refractivity contribution in [2.24, 2.45) is 11.8 Å². The van der Waals surface area contributed by atoms with Crippen LogP contribution in [0.2, 0.25) is 0 Å². The van der Waals surface area contributed by atoms with Gasteiger partial charge in [-0.3, -0.25) is 9.69 Å². The van der Waals surface area contributed by atoms with Gasteiger partial charge in [-0.05, 0) is 55.3 Å². The molecule has 0 radical (unpaired) electrons. The summed E-state index contributed by atoms with van der Waals surface area (Å²) in [6.07, 6.45) is 5.05. The van der Waals surface area contributed by atoms with Crippen molar-refractivity contribution in [3.05, 3.63) is 46.5 Å². The molecule has 0 unspecified atom stereocenters. The zero-order valence-electron chi connectivity index (χ0n) is 13.8. The molecule has 1 N–H and O–H groups in total. The Morgan fingerprint density at radius 1 is 1.38 bits per heavy atom. The topological polar surface area (TPSA) is 45.5 Å². The van der Waals surface area contributed by atoms with Crippen LogP contribution in [0.15, 0.2) is 40.3 Å². The average molecular weight is 344 g/mol. The van der Waals surface area contributed by atoms with Crippen LogP contribution in [0.1, 0.15) is 35.8 Å². The number of piperidine rings is 1. The number of likely N-dealkylation sites (tertiary alicyclic amines) is 1. The molecule has 2 aliphatic rings. The van der Waals surface area contributed by atoms with Gasteiger partial charge in [0.15, 0.2) is 0 Å². The summed E-state index contributed by atoms with van der Waals surface area (Å²) in [5.41, 5.74) is 0. The van der Waals surface area contributed by atoms with E-state index in [0.29, 0.717) is 11.8 Å². The number of nitrogens with zero attached hydrogens (tertiary/aromatic N) is 1. The van der Waals surface area contributed by atoms with Crippen LogP contribution in [-0.2, 0) is 11.3 Å². The second-order valence-corrected chi connectivity index (χ2v) is 8.06. The van der Waals surface area contributed by atoms with Crippen LogP contribution < -0.4 is 5.32 Å². The standard InChI is InChI=1S/C19H24N2O2S/c22-19(17-10-16(17)18-6-2-8-23-18)20-11-14-4-1-7-21(12-14)13-15-5-3-9-24-15/h2-3,5-6,8-9,14,16-17H,1,4,7,10-13H2,(H,20,22)/t14-,16-,17+/m0/s1. The molecule has 24 heavy (non-hydrogen) atoms. The third kappa shape index (κ3) is 3.73. The van der Waals surface area contributed by atoms with Crippen molar-refractivity contribution in [3.8, 4) is 0 Å². The van der Waals surface area contributed by atoms with E-state index in [0.717, 1.165) is 31.8 Å². The maximum atomic E-state index is 12.3. The first-order chi connectivity index (χ1) is 11.8. The van der Waals surface area contributed by atoms with Crippen molar-refractivity contribution < 1.29 is 9.21 Å². The van der Waals surface area contributed by atoms with Gasteiger partial charge in [0.2, 0.25) is 5.91 Å². The van der Waals surface area contributed by atoms with Crippen LogP contribution in [0.3, 0.4) is 0 Å². The second-order valence-electron chi connectivity index (χ2n) is 7.03. The largest absolute Gasteiger partial charge is 0.469 e. The smallest absolute Gasteiger partial charge is 0.223 e. The number of carbonyl (C=O) groups is 1. The molecular formula is C19H24N2O2S. The molecule has 0 aromatic carbocycles. The van der Waals surface area contributed by atoms with E-state index in [1.807, 2.05) is 23.5 Å². The van der Waals surface area contributed by atoms with Gasteiger partial charge in [-0.2, -0.15) is 0 Å². The maximum Gasteiger partial charge on any atom is 0.223 e. The van der Waals surface area contributed by atoms with Gasteiger partial charge >= 0.3 is 0 Å². The number of hydrogen-bond acceptors (Lipinski definition) is 4. The monoisotopic (exact) mass is 344 g/mol. The molecule has 1 aliphatic heterocycles. The fourth-order valence-electron chi connectivity index (χ4n) is 3.76. The van der Waals surface area contributed by atoms with Crippen molar-refractivity contribution in [1.29, 1.82) is 0 Å². The van der Waals surface area contributed by atoms with Crippen molar-refractivity contribution in [3.63, 3.8) is 0 Å². The van der Waals surface area contributed by atoms with Crippen LogP contribution in [0.5, 0.6) is 0 Å². The molecule has 3 atom stereocenters. The first-order valence-corrected chi connectivity index (χ1v) is 9.73. The van der Waals surface area contributed by atoms with Gasteiger partial charge in [0.1, 0.15) is 5.76 Å². The molecule has 2 aromatic rings. The van der Waals surface area contributed by atoms with Gasteiger partial charge in [-0.25, -0.2) is 0 Å². The number of amides is 1. The minimum atomic E-state index is 0.113. The molecule has 1 saturated carbocycles. The second kappa shape index (κ2) is 7.11. The number of hydrogen-bond donors (Lipinski definition) is 1. The lowest BCUT2D eigenvalue weighted by Crippen LogP contribution is -2.40. The molecule has 1 saturated heterocycles. The Bertz CT molecular complexity index is 653. The van der Waals surface area contributed by atoms with E-state index in [1.54, 1.807) is 6.26 Å². The van der Waals surface area contributed by atoms with E-state index in [4.69, 9.17) is 4.42 Å². The molecule has 2 fully saturated rings. The highest BCUT2D eigenvalue weighted by Crippen LogP contribution is 2.47. The van der Waals surface area contributed by atoms with Gasteiger partial charge in [0, 0.05) is 36.3 Å². The van der Waals surface area contributed by atoms with Gasteiger partial charge < -0.3 is 9.73 Å². The van der Waals surface area contributed by atoms with Gasteiger partial charge in [-0.15, -0.1) is 11.3 Å². The minimum absolute atomic E-state index is 0.113. The molecule has 4 nitrogen and oxygen atoms in total. The fraction of sp³-hybridized carbons (Fsp3) is 0.526. The Morgan fingerprint density at radius 3 is 3.12 bits per heavy atom. The zero-order valence-corrected chi connectivity index (χ0v) is 14.6. The first kappa shape index (κ1) is 15.9. The Hall–Kier alpha value is -1.59. The Kier molecular flexibility index (Phi) is 4.72. The van der Waals surface area contributed by atoms with Crippen LogP contribution >= 0.6 is 11.3 Å². The van der Waals surface area contributed by atoms with Gasteiger partial charge in [0.25, 0.3) is 0 Å².